The first kappa shape index (κ1) is 16.5. The van der Waals surface area contributed by atoms with Crippen LogP contribution in [-0.4, -0.2) is 17.9 Å². The van der Waals surface area contributed by atoms with Crippen molar-refractivity contribution in [2.45, 2.75) is 26.4 Å². The summed E-state index contributed by atoms with van der Waals surface area (Å²) in [5.74, 6) is 0.269. The van der Waals surface area contributed by atoms with Gasteiger partial charge in [-0.15, -0.1) is 0 Å². The molecular weight excluding hydrogens is 292 g/mol. The Kier molecular flexibility index (Phi) is 5.74. The van der Waals surface area contributed by atoms with Crippen molar-refractivity contribution in [3.05, 3.63) is 54.6 Å². The zero-order valence-electron chi connectivity index (χ0n) is 13.2. The van der Waals surface area contributed by atoms with E-state index in [1.165, 1.54) is 6.92 Å². The lowest BCUT2D eigenvalue weighted by Crippen LogP contribution is -2.32. The molecule has 120 valence electrons. The summed E-state index contributed by atoms with van der Waals surface area (Å²) in [6.07, 6.45) is -0.0339. The van der Waals surface area contributed by atoms with Crippen LogP contribution < -0.4 is 15.4 Å². The molecule has 0 fully saturated rings. The van der Waals surface area contributed by atoms with Crippen molar-refractivity contribution in [3.8, 4) is 5.75 Å². The highest BCUT2D eigenvalue weighted by atomic mass is 16.5. The molecule has 5 nitrogen and oxygen atoms in total. The third-order valence-electron chi connectivity index (χ3n) is 3.14. The maximum Gasteiger partial charge on any atom is 0.265 e. The second kappa shape index (κ2) is 7.98. The molecule has 0 aliphatic heterocycles. The summed E-state index contributed by atoms with van der Waals surface area (Å²) in [4.78, 5) is 23.4. The Balaban J connectivity index is 2.03. The summed E-state index contributed by atoms with van der Waals surface area (Å²) < 4.78 is 5.71. The van der Waals surface area contributed by atoms with Crippen LogP contribution >= 0.6 is 0 Å². The predicted octanol–water partition coefficient (Wildman–Crippen LogP) is 3.44. The lowest BCUT2D eigenvalue weighted by Gasteiger charge is -2.17. The Morgan fingerprint density at radius 1 is 1.00 bits per heavy atom. The van der Waals surface area contributed by atoms with E-state index in [0.717, 1.165) is 0 Å². The molecule has 1 atom stereocenters. The molecule has 0 radical (unpaired) electrons. The van der Waals surface area contributed by atoms with Gasteiger partial charge in [-0.05, 0) is 36.8 Å². The lowest BCUT2D eigenvalue weighted by atomic mass is 10.2. The van der Waals surface area contributed by atoms with E-state index in [1.807, 2.05) is 37.3 Å². The van der Waals surface area contributed by atoms with Gasteiger partial charge in [0.15, 0.2) is 6.10 Å². The lowest BCUT2D eigenvalue weighted by molar-refractivity contribution is -0.122. The van der Waals surface area contributed by atoms with Crippen LogP contribution in [0.2, 0.25) is 0 Å². The molecule has 0 heterocycles. The number of rotatable bonds is 6. The first-order chi connectivity index (χ1) is 11.1. The van der Waals surface area contributed by atoms with Crippen LogP contribution in [0.25, 0.3) is 0 Å². The Morgan fingerprint density at radius 2 is 1.65 bits per heavy atom. The van der Waals surface area contributed by atoms with Crippen LogP contribution in [-0.2, 0) is 9.59 Å². The fourth-order valence-corrected chi connectivity index (χ4v) is 2.09. The molecule has 2 aromatic carbocycles. The minimum absolute atomic E-state index is 0.160. The maximum absolute atomic E-state index is 12.4. The first-order valence-corrected chi connectivity index (χ1v) is 7.48. The Labute approximate surface area is 135 Å². The monoisotopic (exact) mass is 312 g/mol. The van der Waals surface area contributed by atoms with Gasteiger partial charge >= 0.3 is 0 Å². The van der Waals surface area contributed by atoms with E-state index in [-0.39, 0.29) is 11.8 Å². The van der Waals surface area contributed by atoms with Crippen molar-refractivity contribution in [1.82, 2.24) is 0 Å². The van der Waals surface area contributed by atoms with Crippen LogP contribution in [0.15, 0.2) is 54.6 Å². The quantitative estimate of drug-likeness (QED) is 0.858. The van der Waals surface area contributed by atoms with Crippen molar-refractivity contribution in [3.63, 3.8) is 0 Å². The minimum atomic E-state index is -0.582. The van der Waals surface area contributed by atoms with Crippen LogP contribution in [0.4, 0.5) is 11.4 Å². The molecule has 2 amide bonds. The molecule has 0 aliphatic rings. The molecule has 0 spiro atoms. The van der Waals surface area contributed by atoms with Gasteiger partial charge in [-0.2, -0.15) is 0 Å². The number of para-hydroxylation sites is 1. The highest BCUT2D eigenvalue weighted by Crippen LogP contribution is 2.17. The second-order valence-electron chi connectivity index (χ2n) is 5.08. The van der Waals surface area contributed by atoms with Gasteiger partial charge in [0, 0.05) is 18.3 Å². The SMILES string of the molecule is CC[C@H](Oc1ccccc1)C(=O)Nc1cccc(NC(C)=O)c1. The number of benzene rings is 2. The Bertz CT molecular complexity index is 671. The summed E-state index contributed by atoms with van der Waals surface area (Å²) in [6, 6.07) is 16.2. The summed E-state index contributed by atoms with van der Waals surface area (Å²) >= 11 is 0. The van der Waals surface area contributed by atoms with Gasteiger partial charge in [0.2, 0.25) is 5.91 Å². The van der Waals surface area contributed by atoms with E-state index >= 15 is 0 Å². The van der Waals surface area contributed by atoms with E-state index in [2.05, 4.69) is 10.6 Å². The van der Waals surface area contributed by atoms with Gasteiger partial charge in [-0.3, -0.25) is 9.59 Å². The summed E-state index contributed by atoms with van der Waals surface area (Å²) in [5.41, 5.74) is 1.24. The number of nitrogens with one attached hydrogen (secondary N) is 2. The highest BCUT2D eigenvalue weighted by Gasteiger charge is 2.18. The van der Waals surface area contributed by atoms with Gasteiger partial charge in [0.1, 0.15) is 5.75 Å². The molecule has 23 heavy (non-hydrogen) atoms. The van der Waals surface area contributed by atoms with Crippen molar-refractivity contribution in [1.29, 1.82) is 0 Å². The number of carbonyl (C=O) groups excluding carboxylic acids is 2. The van der Waals surface area contributed by atoms with E-state index in [1.54, 1.807) is 24.3 Å². The molecular formula is C18H20N2O3. The van der Waals surface area contributed by atoms with Crippen LogP contribution in [0.3, 0.4) is 0 Å². The molecule has 0 saturated carbocycles. The van der Waals surface area contributed by atoms with E-state index in [0.29, 0.717) is 23.5 Å². The van der Waals surface area contributed by atoms with Gasteiger partial charge in [-0.25, -0.2) is 0 Å². The molecule has 0 saturated heterocycles. The largest absolute Gasteiger partial charge is 0.481 e. The van der Waals surface area contributed by atoms with E-state index < -0.39 is 6.10 Å². The predicted molar refractivity (Wildman–Crippen MR) is 90.5 cm³/mol. The van der Waals surface area contributed by atoms with Crippen molar-refractivity contribution < 1.29 is 14.3 Å². The zero-order chi connectivity index (χ0) is 16.7. The fourth-order valence-electron chi connectivity index (χ4n) is 2.09. The Hall–Kier alpha value is -2.82. The Morgan fingerprint density at radius 3 is 2.26 bits per heavy atom. The smallest absolute Gasteiger partial charge is 0.265 e. The molecule has 0 bridgehead atoms. The normalized spacial score (nSPS) is 11.4. The second-order valence-corrected chi connectivity index (χ2v) is 5.08. The number of hydrogen-bond acceptors (Lipinski definition) is 3. The van der Waals surface area contributed by atoms with Gasteiger partial charge in [0.05, 0.1) is 0 Å². The molecule has 5 heteroatoms. The van der Waals surface area contributed by atoms with Gasteiger partial charge < -0.3 is 15.4 Å². The minimum Gasteiger partial charge on any atom is -0.481 e. The summed E-state index contributed by atoms with van der Waals surface area (Å²) in [5, 5.41) is 5.49. The summed E-state index contributed by atoms with van der Waals surface area (Å²) in [7, 11) is 0. The third-order valence-corrected chi connectivity index (χ3v) is 3.14. The standard InChI is InChI=1S/C18H20N2O3/c1-3-17(23-16-10-5-4-6-11-16)18(22)20-15-9-7-8-14(12-15)19-13(2)21/h4-12,17H,3H2,1-2H3,(H,19,21)(H,20,22)/t17-/m0/s1. The van der Waals surface area contributed by atoms with E-state index in [9.17, 15) is 9.59 Å². The average molecular weight is 312 g/mol. The van der Waals surface area contributed by atoms with Crippen LogP contribution in [0, 0.1) is 0 Å². The highest BCUT2D eigenvalue weighted by molar-refractivity contribution is 5.95. The van der Waals surface area contributed by atoms with Crippen LogP contribution in [0.5, 0.6) is 5.75 Å². The number of hydrogen-bond donors (Lipinski definition) is 2. The molecule has 0 aromatic heterocycles. The van der Waals surface area contributed by atoms with E-state index in [4.69, 9.17) is 4.74 Å². The van der Waals surface area contributed by atoms with Crippen molar-refractivity contribution >= 4 is 23.2 Å². The number of anilines is 2. The molecule has 2 aromatic rings. The molecule has 0 aliphatic carbocycles. The molecule has 0 unspecified atom stereocenters. The number of carbonyl (C=O) groups is 2. The molecule has 2 rings (SSSR count). The summed E-state index contributed by atoms with van der Waals surface area (Å²) in [6.45, 7) is 3.33. The zero-order valence-corrected chi connectivity index (χ0v) is 13.2. The van der Waals surface area contributed by atoms with Gasteiger partial charge in [-0.1, -0.05) is 31.2 Å². The maximum atomic E-state index is 12.4. The third kappa shape index (κ3) is 5.14. The number of amides is 2. The average Bonchev–Trinajstić information content (AvgIpc) is 2.53. The first-order valence-electron chi connectivity index (χ1n) is 7.48. The molecule has 2 N–H and O–H groups in total. The van der Waals surface area contributed by atoms with Crippen LogP contribution in [0.1, 0.15) is 20.3 Å². The topological polar surface area (TPSA) is 67.4 Å². The fraction of sp³-hybridized carbons (Fsp3) is 0.222. The van der Waals surface area contributed by atoms with Crippen molar-refractivity contribution in [2.75, 3.05) is 10.6 Å². The van der Waals surface area contributed by atoms with Gasteiger partial charge in [0.25, 0.3) is 5.91 Å². The van der Waals surface area contributed by atoms with Crippen molar-refractivity contribution in [2.24, 2.45) is 0 Å². The number of ether oxygens (including phenoxy) is 1.